The quantitative estimate of drug-likeness (QED) is 0.618. The van der Waals surface area contributed by atoms with Crippen molar-refractivity contribution in [2.75, 3.05) is 6.54 Å². The summed E-state index contributed by atoms with van der Waals surface area (Å²) in [5.41, 5.74) is 5.71. The van der Waals surface area contributed by atoms with Gasteiger partial charge in [-0.25, -0.2) is 0 Å². The third kappa shape index (κ3) is 3.67. The lowest BCUT2D eigenvalue weighted by Gasteiger charge is -2.19. The number of nitrogens with two attached hydrogens (primary N) is 1. The average molecular weight is 235 g/mol. The normalized spacial score (nSPS) is 12.2. The Morgan fingerprint density at radius 2 is 1.82 bits per heavy atom. The summed E-state index contributed by atoms with van der Waals surface area (Å²) in [5.74, 6) is -0.839. The number of rotatable bonds is 5. The summed E-state index contributed by atoms with van der Waals surface area (Å²) < 4.78 is 5.06. The number of ketones is 1. The Balaban J connectivity index is 2.85. The Kier molecular flexibility index (Phi) is 4.84. The number of ether oxygens (including phenoxy) is 1. The summed E-state index contributed by atoms with van der Waals surface area (Å²) in [6.07, 6.45) is -0.770. The maximum atomic E-state index is 12.1. The lowest BCUT2D eigenvalue weighted by atomic mass is 9.97. The van der Waals surface area contributed by atoms with E-state index in [0.717, 1.165) is 0 Å². The highest BCUT2D eigenvalue weighted by Gasteiger charge is 2.26. The van der Waals surface area contributed by atoms with Crippen LogP contribution in [0.25, 0.3) is 0 Å². The van der Waals surface area contributed by atoms with Crippen LogP contribution >= 0.6 is 0 Å². The van der Waals surface area contributed by atoms with Gasteiger partial charge in [0.2, 0.25) is 5.78 Å². The van der Waals surface area contributed by atoms with Crippen molar-refractivity contribution in [3.8, 4) is 0 Å². The molecule has 0 aliphatic carbocycles. The molecule has 4 heteroatoms. The molecule has 1 atom stereocenters. The molecule has 0 aromatic heterocycles. The Hall–Kier alpha value is -1.68. The van der Waals surface area contributed by atoms with Gasteiger partial charge < -0.3 is 10.5 Å². The average Bonchev–Trinajstić information content (AvgIpc) is 2.35. The van der Waals surface area contributed by atoms with Gasteiger partial charge in [0.25, 0.3) is 0 Å². The number of hydrogen-bond acceptors (Lipinski definition) is 4. The summed E-state index contributed by atoms with van der Waals surface area (Å²) in [4.78, 5) is 23.3. The molecule has 0 saturated heterocycles. The fourth-order valence-corrected chi connectivity index (χ4v) is 1.45. The molecule has 0 bridgehead atoms. The van der Waals surface area contributed by atoms with Crippen molar-refractivity contribution < 1.29 is 14.3 Å². The van der Waals surface area contributed by atoms with Crippen LogP contribution < -0.4 is 5.73 Å². The van der Waals surface area contributed by atoms with Crippen LogP contribution in [0.3, 0.4) is 0 Å². The SMILES string of the molecule is CC(C)[C@@H](OC(=O)CN)C(=O)c1ccccc1. The third-order valence-electron chi connectivity index (χ3n) is 2.35. The van der Waals surface area contributed by atoms with Crippen molar-refractivity contribution in [1.29, 1.82) is 0 Å². The monoisotopic (exact) mass is 235 g/mol. The highest BCUT2D eigenvalue weighted by atomic mass is 16.5. The van der Waals surface area contributed by atoms with Gasteiger partial charge in [0.05, 0.1) is 6.54 Å². The van der Waals surface area contributed by atoms with E-state index < -0.39 is 12.1 Å². The Bertz CT molecular complexity index is 387. The van der Waals surface area contributed by atoms with E-state index in [2.05, 4.69) is 0 Å². The predicted octanol–water partition coefficient (Wildman–Crippen LogP) is 1.40. The largest absolute Gasteiger partial charge is 0.453 e. The van der Waals surface area contributed by atoms with Crippen LogP contribution in [0, 0.1) is 5.92 Å². The first kappa shape index (κ1) is 13.4. The summed E-state index contributed by atoms with van der Waals surface area (Å²) in [6.45, 7) is 3.44. The molecule has 0 aliphatic heterocycles. The minimum atomic E-state index is -0.770. The van der Waals surface area contributed by atoms with E-state index in [4.69, 9.17) is 10.5 Å². The molecular weight excluding hydrogens is 218 g/mol. The van der Waals surface area contributed by atoms with E-state index in [1.807, 2.05) is 19.9 Å². The van der Waals surface area contributed by atoms with Gasteiger partial charge in [0, 0.05) is 5.56 Å². The van der Waals surface area contributed by atoms with Gasteiger partial charge in [-0.2, -0.15) is 0 Å². The van der Waals surface area contributed by atoms with E-state index in [1.54, 1.807) is 24.3 Å². The Morgan fingerprint density at radius 3 is 2.29 bits per heavy atom. The van der Waals surface area contributed by atoms with Gasteiger partial charge in [-0.05, 0) is 5.92 Å². The zero-order valence-electron chi connectivity index (χ0n) is 10.1. The number of Topliss-reactive ketones (excluding diaryl/α,β-unsaturated/α-hetero) is 1. The first-order valence-electron chi connectivity index (χ1n) is 5.55. The predicted molar refractivity (Wildman–Crippen MR) is 64.5 cm³/mol. The molecule has 0 spiro atoms. The second kappa shape index (κ2) is 6.15. The molecule has 1 aromatic carbocycles. The van der Waals surface area contributed by atoms with Crippen molar-refractivity contribution >= 4 is 11.8 Å². The number of esters is 1. The topological polar surface area (TPSA) is 69.4 Å². The van der Waals surface area contributed by atoms with Gasteiger partial charge in [0.15, 0.2) is 6.10 Å². The smallest absolute Gasteiger partial charge is 0.320 e. The van der Waals surface area contributed by atoms with Gasteiger partial charge in [-0.3, -0.25) is 9.59 Å². The van der Waals surface area contributed by atoms with E-state index in [0.29, 0.717) is 5.56 Å². The second-order valence-electron chi connectivity index (χ2n) is 4.09. The highest BCUT2D eigenvalue weighted by Crippen LogP contribution is 2.14. The zero-order valence-corrected chi connectivity index (χ0v) is 10.1. The minimum absolute atomic E-state index is 0.0850. The maximum absolute atomic E-state index is 12.1. The number of hydrogen-bond donors (Lipinski definition) is 1. The maximum Gasteiger partial charge on any atom is 0.320 e. The molecule has 0 aliphatic rings. The van der Waals surface area contributed by atoms with Crippen molar-refractivity contribution in [2.45, 2.75) is 20.0 Å². The molecule has 0 unspecified atom stereocenters. The molecule has 0 heterocycles. The van der Waals surface area contributed by atoms with Crippen molar-refractivity contribution in [2.24, 2.45) is 11.7 Å². The molecule has 17 heavy (non-hydrogen) atoms. The van der Waals surface area contributed by atoms with Crippen LogP contribution in [0.2, 0.25) is 0 Å². The van der Waals surface area contributed by atoms with E-state index in [-0.39, 0.29) is 18.2 Å². The van der Waals surface area contributed by atoms with Crippen molar-refractivity contribution in [1.82, 2.24) is 0 Å². The van der Waals surface area contributed by atoms with Crippen LogP contribution in [-0.2, 0) is 9.53 Å². The molecule has 0 radical (unpaired) electrons. The van der Waals surface area contributed by atoms with Crippen LogP contribution in [0.1, 0.15) is 24.2 Å². The van der Waals surface area contributed by atoms with Crippen LogP contribution in [0.4, 0.5) is 0 Å². The Morgan fingerprint density at radius 1 is 1.24 bits per heavy atom. The standard InChI is InChI=1S/C13H17NO3/c1-9(2)13(17-11(15)8-14)12(16)10-6-4-3-5-7-10/h3-7,9,13H,8,14H2,1-2H3/t13-/m1/s1. The number of carbonyl (C=O) groups is 2. The van der Waals surface area contributed by atoms with Gasteiger partial charge >= 0.3 is 5.97 Å². The molecule has 4 nitrogen and oxygen atoms in total. The molecule has 0 saturated carbocycles. The van der Waals surface area contributed by atoms with Gasteiger partial charge in [-0.1, -0.05) is 44.2 Å². The molecule has 2 N–H and O–H groups in total. The fourth-order valence-electron chi connectivity index (χ4n) is 1.45. The first-order valence-corrected chi connectivity index (χ1v) is 5.55. The molecule has 1 rings (SSSR count). The summed E-state index contributed by atoms with van der Waals surface area (Å²) in [6, 6.07) is 8.78. The summed E-state index contributed by atoms with van der Waals surface area (Å²) in [7, 11) is 0. The molecule has 0 amide bonds. The zero-order chi connectivity index (χ0) is 12.8. The lowest BCUT2D eigenvalue weighted by molar-refractivity contribution is -0.146. The van der Waals surface area contributed by atoms with Crippen LogP contribution in [-0.4, -0.2) is 24.4 Å². The second-order valence-corrected chi connectivity index (χ2v) is 4.09. The van der Waals surface area contributed by atoms with E-state index in [9.17, 15) is 9.59 Å². The van der Waals surface area contributed by atoms with Crippen molar-refractivity contribution in [3.63, 3.8) is 0 Å². The molecule has 92 valence electrons. The highest BCUT2D eigenvalue weighted by molar-refractivity contribution is 6.00. The van der Waals surface area contributed by atoms with E-state index >= 15 is 0 Å². The van der Waals surface area contributed by atoms with Gasteiger partial charge in [-0.15, -0.1) is 0 Å². The first-order chi connectivity index (χ1) is 8.06. The Labute approximate surface area is 101 Å². The number of benzene rings is 1. The summed E-state index contributed by atoms with van der Waals surface area (Å²) >= 11 is 0. The number of carbonyl (C=O) groups excluding carboxylic acids is 2. The van der Waals surface area contributed by atoms with Crippen LogP contribution in [0.15, 0.2) is 30.3 Å². The summed E-state index contributed by atoms with van der Waals surface area (Å²) in [5, 5.41) is 0. The van der Waals surface area contributed by atoms with Crippen LogP contribution in [0.5, 0.6) is 0 Å². The molecular formula is C13H17NO3. The lowest BCUT2D eigenvalue weighted by Crippen LogP contribution is -2.34. The van der Waals surface area contributed by atoms with E-state index in [1.165, 1.54) is 0 Å². The van der Waals surface area contributed by atoms with Crippen molar-refractivity contribution in [3.05, 3.63) is 35.9 Å². The fraction of sp³-hybridized carbons (Fsp3) is 0.385. The molecule has 1 aromatic rings. The van der Waals surface area contributed by atoms with Gasteiger partial charge in [0.1, 0.15) is 0 Å². The third-order valence-corrected chi connectivity index (χ3v) is 2.35. The molecule has 0 fully saturated rings. The minimum Gasteiger partial charge on any atom is -0.453 e.